The molecule has 9 rings (SSSR count). The molecular formula is C97H136N16O14Si. The van der Waals surface area contributed by atoms with Crippen LogP contribution in [0.3, 0.4) is 0 Å². The van der Waals surface area contributed by atoms with E-state index in [0.29, 0.717) is 17.5 Å². The van der Waals surface area contributed by atoms with Crippen molar-refractivity contribution in [1.29, 1.82) is 0 Å². The summed E-state index contributed by atoms with van der Waals surface area (Å²) in [4.78, 5) is 183. The average molecular weight is 1780 g/mol. The van der Waals surface area contributed by atoms with Gasteiger partial charge in [0.1, 0.15) is 66.5 Å². The van der Waals surface area contributed by atoms with E-state index in [9.17, 15) is 43.2 Å². The Balaban J connectivity index is 0.872. The summed E-state index contributed by atoms with van der Waals surface area (Å²) >= 11 is 0. The highest BCUT2D eigenvalue weighted by Gasteiger charge is 2.50. The SMILES string of the molecule is CC(C)C[C@@H](NC(=O)[C@H](C)N)C(=O)N[C@@H](C)C(=O)N[C@@H](C(=O)N[C@H](C(=O)N[C@@H](C(=O)N[C@@H](Cc1c[nH]c2ccccc12)C(=O)N[C@H](C)[C@H]1CC[C@@H](C(=O)N[C@H](CC(C)C)C(=O)N[C@@H](Cc2c[nH]c3ccccc23)C(=O)N[C@H](CC(C)C)C(=O)N[C@@H](Cc2c[nH]c3ccccc23)C(=O)NCCO[Si](c2ccccc2)(c2ccccc2)C(C)(C)C)O1)C(C)C)C(C)C)C(C)C. The number of nitrogens with one attached hydrogen (secondary N) is 15. The first-order valence-electron chi connectivity index (χ1n) is 45.1. The molecule has 692 valence electrons. The summed E-state index contributed by atoms with van der Waals surface area (Å²) < 4.78 is 13.6. The number of rotatable bonds is 45. The monoisotopic (exact) mass is 1780 g/mol. The third-order valence-electron chi connectivity index (χ3n) is 23.5. The minimum absolute atomic E-state index is 0.00869. The van der Waals surface area contributed by atoms with Crippen LogP contribution in [0, 0.1) is 35.5 Å². The highest BCUT2D eigenvalue weighted by Crippen LogP contribution is 2.37. The van der Waals surface area contributed by atoms with Crippen LogP contribution in [-0.4, -0.2) is 192 Å². The van der Waals surface area contributed by atoms with E-state index in [1.807, 2.05) is 157 Å². The van der Waals surface area contributed by atoms with Crippen molar-refractivity contribution in [3.8, 4) is 0 Å². The fourth-order valence-electron chi connectivity index (χ4n) is 16.6. The van der Waals surface area contributed by atoms with Gasteiger partial charge in [0.25, 0.3) is 8.32 Å². The zero-order valence-corrected chi connectivity index (χ0v) is 78.3. The van der Waals surface area contributed by atoms with Crippen molar-refractivity contribution in [1.82, 2.24) is 78.8 Å². The molecule has 31 heteroatoms. The van der Waals surface area contributed by atoms with Crippen molar-refractivity contribution in [3.63, 3.8) is 0 Å². The number of hydrogen-bond donors (Lipinski definition) is 16. The molecule has 3 aromatic heterocycles. The number of hydrogen-bond acceptors (Lipinski definition) is 15. The van der Waals surface area contributed by atoms with E-state index in [1.54, 1.807) is 60.9 Å². The molecule has 1 fully saturated rings. The number of para-hydroxylation sites is 3. The lowest BCUT2D eigenvalue weighted by molar-refractivity contribution is -0.138. The fourth-order valence-corrected chi connectivity index (χ4v) is 21.2. The van der Waals surface area contributed by atoms with Gasteiger partial charge in [0, 0.05) is 77.1 Å². The Bertz CT molecular complexity index is 5080. The molecule has 1 aliphatic rings. The first kappa shape index (κ1) is 100. The van der Waals surface area contributed by atoms with Crippen molar-refractivity contribution in [3.05, 3.63) is 169 Å². The smallest absolute Gasteiger partial charge is 0.261 e. The van der Waals surface area contributed by atoms with Gasteiger partial charge in [-0.1, -0.05) is 219 Å². The standard InChI is InChI=1S/C97H136N16O14Si/c1-54(2)45-74(105-85(114)60(13)98)88(117)104-62(15)86(115)111-83(58(9)10)95(124)113-84(59(11)12)96(125)112-82(57(7)8)94(123)110-78(49-64-52-101-72-39-29-26-36-69(64)72)89(118)103-61(14)80-41-42-81(127-80)93(122)109-76(47-56(5)6)91(120)108-79(50-65-53-102-73-40-30-27-37-70(65)73)92(121)106-75(46-55(3)4)90(119)107-77(48-63-51-100-71-38-28-25-35-68(63)71)87(116)99-43-44-126-128(97(16,17)18,66-31-21-19-22-32-66)67-33-23-20-24-34-67/h19-40,51-62,74-84,100-102H,41-50,98H2,1-18H3,(H,99,116)(H,103,118)(H,104,117)(H,105,114)(H,106,121)(H,107,119)(H,108,120)(H,109,122)(H,110,123)(H,111,115)(H,112,125)(H,113,124)/t60-,61+,62-,74+,75+,76+,77-,78-,79-,80+,81-,82+,83+,84-/m0/s1. The van der Waals surface area contributed by atoms with Crippen LogP contribution >= 0.6 is 0 Å². The van der Waals surface area contributed by atoms with Gasteiger partial charge in [-0.25, -0.2) is 0 Å². The topological polar surface area (TPSA) is 441 Å². The van der Waals surface area contributed by atoms with Crippen molar-refractivity contribution in [2.75, 3.05) is 13.2 Å². The number of H-pyrrole nitrogens is 3. The molecule has 128 heavy (non-hydrogen) atoms. The number of carbonyl (C=O) groups is 12. The molecule has 14 atom stereocenters. The summed E-state index contributed by atoms with van der Waals surface area (Å²) in [5, 5.41) is 38.9. The molecule has 1 saturated heterocycles. The third-order valence-corrected chi connectivity index (χ3v) is 28.6. The lowest BCUT2D eigenvalue weighted by Crippen LogP contribution is -2.67. The first-order valence-corrected chi connectivity index (χ1v) is 47.0. The Morgan fingerprint density at radius 2 is 0.727 bits per heavy atom. The van der Waals surface area contributed by atoms with Gasteiger partial charge in [-0.15, -0.1) is 0 Å². The highest BCUT2D eigenvalue weighted by atomic mass is 28.4. The summed E-state index contributed by atoms with van der Waals surface area (Å²) in [7, 11) is -3.00. The van der Waals surface area contributed by atoms with E-state index in [0.717, 1.165) is 48.6 Å². The van der Waals surface area contributed by atoms with Gasteiger partial charge < -0.3 is 93.6 Å². The van der Waals surface area contributed by atoms with Crippen LogP contribution in [0.1, 0.15) is 173 Å². The van der Waals surface area contributed by atoms with Crippen LogP contribution in [0.15, 0.2) is 152 Å². The van der Waals surface area contributed by atoms with Crippen molar-refractivity contribution in [2.24, 2.45) is 41.2 Å². The predicted molar refractivity (Wildman–Crippen MR) is 500 cm³/mol. The highest BCUT2D eigenvalue weighted by molar-refractivity contribution is 6.99. The fraction of sp³-hybridized carbons (Fsp3) is 0.505. The number of amides is 12. The van der Waals surface area contributed by atoms with E-state index in [1.165, 1.54) is 13.8 Å². The quantitative estimate of drug-likeness (QED) is 0.0132. The number of fused-ring (bicyclic) bond motifs is 3. The molecule has 30 nitrogen and oxygen atoms in total. The lowest BCUT2D eigenvalue weighted by Gasteiger charge is -2.43. The van der Waals surface area contributed by atoms with Gasteiger partial charge in [0.05, 0.1) is 24.8 Å². The maximum absolute atomic E-state index is 15.4. The molecule has 5 aromatic carbocycles. The summed E-state index contributed by atoms with van der Waals surface area (Å²) in [6, 6.07) is 29.4. The predicted octanol–water partition coefficient (Wildman–Crippen LogP) is 7.22. The second-order valence-corrected chi connectivity index (χ2v) is 41.8. The Morgan fingerprint density at radius 3 is 1.12 bits per heavy atom. The van der Waals surface area contributed by atoms with Gasteiger partial charge in [-0.2, -0.15) is 0 Å². The molecule has 0 radical (unpaired) electrons. The summed E-state index contributed by atoms with van der Waals surface area (Å²) in [5.41, 5.74) is 10.3. The summed E-state index contributed by atoms with van der Waals surface area (Å²) in [6.07, 6.45) is 4.52. The zero-order valence-electron chi connectivity index (χ0n) is 77.3. The van der Waals surface area contributed by atoms with E-state index in [2.05, 4.69) is 124 Å². The van der Waals surface area contributed by atoms with Crippen LogP contribution in [0.4, 0.5) is 0 Å². The lowest BCUT2D eigenvalue weighted by atomic mass is 9.97. The maximum atomic E-state index is 15.4. The molecule has 0 aliphatic carbocycles. The van der Waals surface area contributed by atoms with Crippen molar-refractivity contribution < 1.29 is 66.7 Å². The number of aromatic nitrogens is 3. The Kier molecular flexibility index (Phi) is 36.0. The van der Waals surface area contributed by atoms with Crippen LogP contribution in [0.25, 0.3) is 32.7 Å². The maximum Gasteiger partial charge on any atom is 0.261 e. The first-order chi connectivity index (χ1) is 60.6. The number of carbonyl (C=O) groups excluding carboxylic acids is 12. The number of ether oxygens (including phenoxy) is 1. The third kappa shape index (κ3) is 26.8. The summed E-state index contributed by atoms with van der Waals surface area (Å²) in [6.45, 7) is 33.0. The summed E-state index contributed by atoms with van der Waals surface area (Å²) in [5.74, 6) is -9.67. The van der Waals surface area contributed by atoms with Gasteiger partial charge in [-0.3, -0.25) is 57.5 Å². The van der Waals surface area contributed by atoms with Gasteiger partial charge in [-0.05, 0) is 139 Å². The second kappa shape index (κ2) is 45.9. The van der Waals surface area contributed by atoms with Crippen LogP contribution in [-0.2, 0) is 86.0 Å². The second-order valence-electron chi connectivity index (χ2n) is 37.5. The van der Waals surface area contributed by atoms with E-state index in [4.69, 9.17) is 14.9 Å². The van der Waals surface area contributed by atoms with Gasteiger partial charge >= 0.3 is 0 Å². The van der Waals surface area contributed by atoms with Crippen molar-refractivity contribution >= 4 is 122 Å². The number of aromatic amines is 3. The molecule has 0 spiro atoms. The molecular weight excluding hydrogens is 1640 g/mol. The Labute approximate surface area is 752 Å². The Morgan fingerprint density at radius 1 is 0.391 bits per heavy atom. The largest absolute Gasteiger partial charge is 0.406 e. The van der Waals surface area contributed by atoms with Crippen LogP contribution in [0.2, 0.25) is 5.04 Å². The van der Waals surface area contributed by atoms with Crippen molar-refractivity contribution in [2.45, 2.75) is 266 Å². The van der Waals surface area contributed by atoms with E-state index in [-0.39, 0.29) is 80.9 Å². The molecule has 8 aromatic rings. The molecule has 0 bridgehead atoms. The normalized spacial score (nSPS) is 16.5. The van der Waals surface area contributed by atoms with Gasteiger partial charge in [0.15, 0.2) is 0 Å². The number of benzene rings is 5. The Hall–Kier alpha value is -11.5. The van der Waals surface area contributed by atoms with Crippen LogP contribution < -0.4 is 79.9 Å². The number of nitrogens with two attached hydrogens (primary N) is 1. The van der Waals surface area contributed by atoms with Gasteiger partial charge in [0.2, 0.25) is 70.9 Å². The average Bonchev–Trinajstić information content (AvgIpc) is 1.29. The van der Waals surface area contributed by atoms with Crippen LogP contribution in [0.5, 0.6) is 0 Å². The minimum atomic E-state index is -3.00. The van der Waals surface area contributed by atoms with E-state index >= 15 is 14.4 Å². The molecule has 12 amide bonds. The zero-order chi connectivity index (χ0) is 93.6. The molecule has 0 saturated carbocycles. The molecule has 4 heterocycles. The molecule has 0 unspecified atom stereocenters. The molecule has 17 N–H and O–H groups in total. The molecule has 1 aliphatic heterocycles. The minimum Gasteiger partial charge on any atom is -0.406 e. The van der Waals surface area contributed by atoms with E-state index < -0.39 is 182 Å².